The van der Waals surface area contributed by atoms with E-state index in [0.29, 0.717) is 18.6 Å². The molecule has 1 aromatic carbocycles. The molecule has 5 rings (SSSR count). The van der Waals surface area contributed by atoms with Crippen molar-refractivity contribution in [1.82, 2.24) is 10.2 Å². The van der Waals surface area contributed by atoms with Gasteiger partial charge in [0, 0.05) is 24.6 Å². The van der Waals surface area contributed by atoms with Crippen LogP contribution >= 0.6 is 0 Å². The fourth-order valence-electron chi connectivity index (χ4n) is 6.67. The normalized spacial score (nSPS) is 29.4. The topological polar surface area (TPSA) is 124 Å². The van der Waals surface area contributed by atoms with Crippen LogP contribution in [0.25, 0.3) is 0 Å². The highest BCUT2D eigenvalue weighted by Crippen LogP contribution is 2.64. The van der Waals surface area contributed by atoms with E-state index in [1.807, 2.05) is 20.0 Å². The van der Waals surface area contributed by atoms with Gasteiger partial charge in [-0.3, -0.25) is 9.59 Å². The Bertz CT molecular complexity index is 1240. The van der Waals surface area contributed by atoms with Crippen LogP contribution in [0, 0.1) is 6.92 Å². The number of ether oxygens (including phenoxy) is 4. The Morgan fingerprint density at radius 3 is 2.74 bits per heavy atom. The lowest BCUT2D eigenvalue weighted by Crippen LogP contribution is -2.74. The monoisotopic (exact) mass is 542 g/mol. The second-order valence-electron chi connectivity index (χ2n) is 12.1. The van der Waals surface area contributed by atoms with Crippen LogP contribution in [0.2, 0.25) is 0 Å². The fourth-order valence-corrected chi connectivity index (χ4v) is 6.67. The van der Waals surface area contributed by atoms with Crippen molar-refractivity contribution >= 4 is 18.0 Å². The molecule has 1 aromatic rings. The van der Waals surface area contributed by atoms with E-state index >= 15 is 0 Å². The maximum atomic E-state index is 12.8. The molecule has 2 heterocycles. The number of piperidine rings is 1. The second-order valence-corrected chi connectivity index (χ2v) is 12.1. The smallest absolute Gasteiger partial charge is 0.481 e. The Hall–Kier alpha value is -3.11. The molecule has 4 aliphatic rings. The number of nitrogens with one attached hydrogen (secondary N) is 1. The average Bonchev–Trinajstić information content (AvgIpc) is 3.19. The van der Waals surface area contributed by atoms with Crippen LogP contribution in [0.5, 0.6) is 5.75 Å². The fraction of sp³-hybridized carbons (Fsp3) is 0.621. The van der Waals surface area contributed by atoms with Gasteiger partial charge in [0.1, 0.15) is 17.1 Å². The number of likely N-dealkylation sites (N-methyl/N-ethyl adjacent to an activating group) is 1. The summed E-state index contributed by atoms with van der Waals surface area (Å²) in [5, 5.41) is 14.8. The van der Waals surface area contributed by atoms with Crippen LogP contribution in [-0.2, 0) is 35.6 Å². The molecule has 0 saturated carbocycles. The van der Waals surface area contributed by atoms with Crippen molar-refractivity contribution < 1.29 is 38.4 Å². The molecule has 39 heavy (non-hydrogen) atoms. The third kappa shape index (κ3) is 4.47. The predicted molar refractivity (Wildman–Crippen MR) is 140 cm³/mol. The molecular weight excluding hydrogens is 504 g/mol. The molecule has 2 aliphatic carbocycles. The van der Waals surface area contributed by atoms with Crippen LogP contribution in [0.1, 0.15) is 63.6 Å². The van der Waals surface area contributed by atoms with Crippen molar-refractivity contribution in [2.75, 3.05) is 20.1 Å². The summed E-state index contributed by atoms with van der Waals surface area (Å²) in [6.45, 7) is 9.31. The van der Waals surface area contributed by atoms with Crippen molar-refractivity contribution in [1.29, 1.82) is 0 Å². The Kier molecular flexibility index (Phi) is 6.70. The molecule has 2 bridgehead atoms. The highest BCUT2D eigenvalue weighted by Gasteiger charge is 2.71. The van der Waals surface area contributed by atoms with Gasteiger partial charge in [-0.2, -0.15) is 0 Å². The molecule has 2 N–H and O–H groups in total. The number of hydrogen-bond donors (Lipinski definition) is 2. The largest absolute Gasteiger partial charge is 0.509 e. The van der Waals surface area contributed by atoms with Crippen LogP contribution in [0.4, 0.5) is 4.79 Å². The van der Waals surface area contributed by atoms with Gasteiger partial charge in [-0.25, -0.2) is 4.79 Å². The van der Waals surface area contributed by atoms with E-state index in [1.54, 1.807) is 26.8 Å². The molecule has 212 valence electrons. The van der Waals surface area contributed by atoms with Crippen LogP contribution in [0.15, 0.2) is 24.0 Å². The van der Waals surface area contributed by atoms with Gasteiger partial charge in [0.15, 0.2) is 12.2 Å². The van der Waals surface area contributed by atoms with Gasteiger partial charge in [-0.1, -0.05) is 12.1 Å². The number of esters is 1. The highest BCUT2D eigenvalue weighted by molar-refractivity contribution is 5.83. The molecule has 1 spiro atoms. The van der Waals surface area contributed by atoms with Gasteiger partial charge in [0.2, 0.25) is 0 Å². The molecule has 0 unspecified atom stereocenters. The molecule has 5 atom stereocenters. The number of carbonyl (C=O) groups excluding carboxylic acids is 3. The van der Waals surface area contributed by atoms with Crippen molar-refractivity contribution in [3.05, 3.63) is 40.7 Å². The maximum Gasteiger partial charge on any atom is 0.509 e. The second kappa shape index (κ2) is 9.52. The number of hydrogen-bond acceptors (Lipinski definition) is 9. The van der Waals surface area contributed by atoms with E-state index in [9.17, 15) is 19.5 Å². The van der Waals surface area contributed by atoms with Gasteiger partial charge in [0.25, 0.3) is 5.91 Å². The summed E-state index contributed by atoms with van der Waals surface area (Å²) in [6, 6.07) is 4.12. The molecule has 10 heteroatoms. The summed E-state index contributed by atoms with van der Waals surface area (Å²) in [7, 11) is 2.05. The predicted octanol–water partition coefficient (Wildman–Crippen LogP) is 2.66. The summed E-state index contributed by atoms with van der Waals surface area (Å²) in [5.41, 5.74) is 0.770. The quantitative estimate of drug-likeness (QED) is 0.522. The lowest BCUT2D eigenvalue weighted by Gasteiger charge is -2.61. The SMILES string of the molecule is Cc1ccc2c3c1O[C@H]1C(OC(=O)CCNC(=O)[C@H](C)OC(=O)OC(C)(C)C)=CC[C@@]4(O)[C@@H](C2)N(C)CC[C@]314. The van der Waals surface area contributed by atoms with Gasteiger partial charge < -0.3 is 34.3 Å². The van der Waals surface area contributed by atoms with Gasteiger partial charge in [-0.15, -0.1) is 0 Å². The molecule has 1 fully saturated rings. The number of likely N-dealkylation sites (tertiary alicyclic amines) is 1. The van der Waals surface area contributed by atoms with Gasteiger partial charge >= 0.3 is 12.1 Å². The van der Waals surface area contributed by atoms with Gasteiger partial charge in [0.05, 0.1) is 17.4 Å². The van der Waals surface area contributed by atoms with E-state index in [-0.39, 0.29) is 19.0 Å². The van der Waals surface area contributed by atoms with E-state index in [2.05, 4.69) is 16.3 Å². The minimum absolute atomic E-state index is 0.00389. The lowest BCUT2D eigenvalue weighted by molar-refractivity contribution is -0.169. The van der Waals surface area contributed by atoms with Crippen molar-refractivity contribution in [2.45, 2.75) is 95.2 Å². The molecule has 10 nitrogen and oxygen atoms in total. The maximum absolute atomic E-state index is 12.8. The first-order valence-electron chi connectivity index (χ1n) is 13.6. The zero-order valence-electron chi connectivity index (χ0n) is 23.5. The number of rotatable bonds is 6. The van der Waals surface area contributed by atoms with E-state index in [1.165, 1.54) is 12.5 Å². The van der Waals surface area contributed by atoms with E-state index in [0.717, 1.165) is 29.8 Å². The van der Waals surface area contributed by atoms with Crippen LogP contribution in [0.3, 0.4) is 0 Å². The van der Waals surface area contributed by atoms with Crippen LogP contribution in [-0.4, -0.2) is 77.6 Å². The minimum atomic E-state index is -1.08. The summed E-state index contributed by atoms with van der Waals surface area (Å²) in [4.78, 5) is 39.2. The molecule has 1 amide bonds. The minimum Gasteiger partial charge on any atom is -0.481 e. The van der Waals surface area contributed by atoms with E-state index in [4.69, 9.17) is 18.9 Å². The Morgan fingerprint density at radius 1 is 1.28 bits per heavy atom. The molecule has 2 aliphatic heterocycles. The molecule has 0 aromatic heterocycles. The summed E-state index contributed by atoms with van der Waals surface area (Å²) < 4.78 is 22.4. The number of amides is 1. The Morgan fingerprint density at radius 2 is 2.03 bits per heavy atom. The summed E-state index contributed by atoms with van der Waals surface area (Å²) in [6.07, 6.45) is 0.847. The lowest BCUT2D eigenvalue weighted by atomic mass is 9.50. The molecular formula is C29H38N2O8. The standard InChI is InChI=1S/C29H38N2O8/c1-16-7-8-18-15-20-29(35)11-9-19(24-28(29,12-14-31(20)6)22(18)23(16)38-24)37-21(32)10-13-30-25(33)17(2)36-26(34)39-27(3,4)5/h7-9,17,20,24,35H,10-15H2,1-6H3,(H,30,33)/t17-,20+,24-,28-,29+/m0/s1. The van der Waals surface area contributed by atoms with Crippen molar-refractivity contribution in [3.63, 3.8) is 0 Å². The van der Waals surface area contributed by atoms with Crippen molar-refractivity contribution in [3.8, 4) is 5.75 Å². The first-order chi connectivity index (χ1) is 18.3. The first-order valence-corrected chi connectivity index (χ1v) is 13.6. The average molecular weight is 543 g/mol. The van der Waals surface area contributed by atoms with E-state index < -0.39 is 46.9 Å². The number of benzene rings is 1. The summed E-state index contributed by atoms with van der Waals surface area (Å²) in [5.74, 6) is 0.117. The third-order valence-corrected chi connectivity index (χ3v) is 8.46. The van der Waals surface area contributed by atoms with Crippen molar-refractivity contribution in [2.24, 2.45) is 0 Å². The number of aryl methyl sites for hydroxylation is 1. The third-order valence-electron chi connectivity index (χ3n) is 8.46. The summed E-state index contributed by atoms with van der Waals surface area (Å²) >= 11 is 0. The zero-order valence-corrected chi connectivity index (χ0v) is 23.5. The van der Waals surface area contributed by atoms with Gasteiger partial charge in [-0.05, 0) is 78.3 Å². The first kappa shape index (κ1) is 27.5. The Labute approximate surface area is 228 Å². The van der Waals surface area contributed by atoms with Crippen LogP contribution < -0.4 is 10.1 Å². The molecule has 0 radical (unpaired) electrons. The molecule has 1 saturated heterocycles. The number of nitrogens with zero attached hydrogens (tertiary/aromatic N) is 1. The number of aliphatic hydroxyl groups is 1. The highest BCUT2D eigenvalue weighted by atomic mass is 16.7. The Balaban J connectivity index is 1.25. The zero-order chi connectivity index (χ0) is 28.3. The number of carbonyl (C=O) groups is 3.